The van der Waals surface area contributed by atoms with Crippen molar-refractivity contribution in [3.8, 4) is 0 Å². The van der Waals surface area contributed by atoms with Crippen LogP contribution >= 0.6 is 0 Å². The number of amides is 1. The van der Waals surface area contributed by atoms with Crippen LogP contribution in [0.3, 0.4) is 0 Å². The summed E-state index contributed by atoms with van der Waals surface area (Å²) >= 11 is 0. The number of anilines is 1. The number of aliphatic hydroxyl groups is 1. The van der Waals surface area contributed by atoms with Crippen LogP contribution in [0, 0.1) is 5.92 Å². The summed E-state index contributed by atoms with van der Waals surface area (Å²) in [6, 6.07) is 10.8. The molecule has 8 nitrogen and oxygen atoms in total. The van der Waals surface area contributed by atoms with Crippen LogP contribution in [0.4, 0.5) is 5.82 Å². The van der Waals surface area contributed by atoms with E-state index >= 15 is 0 Å². The van der Waals surface area contributed by atoms with E-state index < -0.39 is 11.6 Å². The lowest BCUT2D eigenvalue weighted by molar-refractivity contribution is -0.913. The average Bonchev–Trinajstić information content (AvgIpc) is 3.48. The molecule has 1 aliphatic heterocycles. The molecule has 2 unspecified atom stereocenters. The fraction of sp³-hybridized carbons (Fsp3) is 0.520. The maximum atomic E-state index is 13.3. The second-order valence-electron chi connectivity index (χ2n) is 9.51. The zero-order chi connectivity index (χ0) is 23.3. The number of hydrogen-bond donors (Lipinski definition) is 2. The van der Waals surface area contributed by atoms with Gasteiger partial charge in [-0.15, -0.1) is 0 Å². The molecule has 1 aromatic heterocycles. The first-order chi connectivity index (χ1) is 15.9. The van der Waals surface area contributed by atoms with Gasteiger partial charge < -0.3 is 19.6 Å². The van der Waals surface area contributed by atoms with Crippen LogP contribution in [0.2, 0.25) is 0 Å². The number of carbonyl (C=O) groups excluding carboxylic acids is 2. The minimum atomic E-state index is -1.63. The number of benzene rings is 1. The quantitative estimate of drug-likeness (QED) is 0.471. The molecular formula is C25H33N4O4+. The van der Waals surface area contributed by atoms with Crippen molar-refractivity contribution >= 4 is 17.7 Å². The Kier molecular flexibility index (Phi) is 7.05. The second kappa shape index (κ2) is 9.97. The third-order valence-corrected chi connectivity index (χ3v) is 7.32. The highest BCUT2D eigenvalue weighted by Crippen LogP contribution is 2.41. The number of ether oxygens (including phenoxy) is 1. The summed E-state index contributed by atoms with van der Waals surface area (Å²) in [6.45, 7) is 1.26. The van der Waals surface area contributed by atoms with Crippen LogP contribution in [-0.4, -0.2) is 64.2 Å². The number of esters is 1. The molecule has 2 aromatic rings. The number of likely N-dealkylation sites (N-methyl/N-ethyl adjacent to an activating group) is 1. The Morgan fingerprint density at radius 1 is 1.15 bits per heavy atom. The Hall–Kier alpha value is -2.84. The monoisotopic (exact) mass is 453 g/mol. The predicted molar refractivity (Wildman–Crippen MR) is 123 cm³/mol. The molecule has 1 amide bonds. The van der Waals surface area contributed by atoms with E-state index in [0.717, 1.165) is 45.1 Å². The van der Waals surface area contributed by atoms with E-state index in [1.165, 1.54) is 6.33 Å². The molecule has 0 radical (unpaired) electrons. The summed E-state index contributed by atoms with van der Waals surface area (Å²) in [4.78, 5) is 33.8. The van der Waals surface area contributed by atoms with Crippen molar-refractivity contribution in [2.24, 2.45) is 5.92 Å². The number of aromatic nitrogens is 2. The highest BCUT2D eigenvalue weighted by atomic mass is 16.6. The van der Waals surface area contributed by atoms with E-state index in [2.05, 4.69) is 15.3 Å². The number of rotatable bonds is 8. The zero-order valence-corrected chi connectivity index (χ0v) is 19.2. The van der Waals surface area contributed by atoms with Gasteiger partial charge in [0.15, 0.2) is 12.1 Å². The highest BCUT2D eigenvalue weighted by Gasteiger charge is 2.49. The van der Waals surface area contributed by atoms with Crippen LogP contribution in [0.25, 0.3) is 0 Å². The molecule has 1 saturated carbocycles. The molecule has 2 aliphatic rings. The second-order valence-corrected chi connectivity index (χ2v) is 9.51. The van der Waals surface area contributed by atoms with E-state index in [1.807, 2.05) is 25.2 Å². The molecule has 3 atom stereocenters. The molecule has 176 valence electrons. The highest BCUT2D eigenvalue weighted by molar-refractivity contribution is 5.90. The maximum Gasteiger partial charge on any atom is 0.343 e. The first-order valence-electron chi connectivity index (χ1n) is 11.8. The molecular weight excluding hydrogens is 420 g/mol. The molecule has 4 rings (SSSR count). The van der Waals surface area contributed by atoms with E-state index in [0.29, 0.717) is 15.9 Å². The normalized spacial score (nSPS) is 24.8. The van der Waals surface area contributed by atoms with Gasteiger partial charge in [0, 0.05) is 25.0 Å². The Labute approximate surface area is 194 Å². The number of nitrogens with zero attached hydrogens (tertiary/aromatic N) is 3. The Balaban J connectivity index is 1.42. The fourth-order valence-corrected chi connectivity index (χ4v) is 5.37. The molecule has 1 aliphatic carbocycles. The summed E-state index contributed by atoms with van der Waals surface area (Å²) in [5.74, 6) is -0.394. The van der Waals surface area contributed by atoms with Gasteiger partial charge in [-0.05, 0) is 24.5 Å². The van der Waals surface area contributed by atoms with E-state index in [-0.39, 0.29) is 31.0 Å². The first-order valence-corrected chi connectivity index (χ1v) is 11.8. The van der Waals surface area contributed by atoms with Crippen LogP contribution < -0.4 is 5.32 Å². The number of likely N-dealkylation sites (tertiary alicyclic amines) is 1. The molecule has 8 heteroatoms. The van der Waals surface area contributed by atoms with Gasteiger partial charge >= 0.3 is 5.97 Å². The van der Waals surface area contributed by atoms with Gasteiger partial charge in [-0.25, -0.2) is 14.8 Å². The first kappa shape index (κ1) is 23.3. The third kappa shape index (κ3) is 5.07. The van der Waals surface area contributed by atoms with E-state index in [1.54, 1.807) is 24.4 Å². The molecule has 0 spiro atoms. The van der Waals surface area contributed by atoms with Crippen molar-refractivity contribution < 1.29 is 23.9 Å². The minimum absolute atomic E-state index is 0.00583. The van der Waals surface area contributed by atoms with Crippen molar-refractivity contribution in [3.05, 3.63) is 54.5 Å². The topological polar surface area (TPSA) is 101 Å². The van der Waals surface area contributed by atoms with Crippen molar-refractivity contribution in [1.82, 2.24) is 9.97 Å². The molecule has 2 heterocycles. The lowest BCUT2D eigenvalue weighted by Gasteiger charge is -2.36. The number of quaternary nitrogens is 1. The standard InChI is InChI=1S/C25H32N4O4/c1-29(16-23(30)28-22-13-14-26-18-27-22)15-7-12-21(29)17-33-24(31)25(32,20-10-5-6-11-20)19-8-3-2-4-9-19/h2-4,8-9,13-14,18,20-21,32H,5-7,10-12,15-17H2,1H3/p+1/t21?,25-,29?/m0/s1. The lowest BCUT2D eigenvalue weighted by atomic mass is 9.80. The molecule has 1 aromatic carbocycles. The maximum absolute atomic E-state index is 13.3. The minimum Gasteiger partial charge on any atom is -0.457 e. The van der Waals surface area contributed by atoms with Gasteiger partial charge in [-0.3, -0.25) is 4.79 Å². The van der Waals surface area contributed by atoms with Crippen LogP contribution in [0.1, 0.15) is 44.1 Å². The van der Waals surface area contributed by atoms with Gasteiger partial charge in [-0.1, -0.05) is 43.2 Å². The Morgan fingerprint density at radius 2 is 1.91 bits per heavy atom. The van der Waals surface area contributed by atoms with Crippen LogP contribution in [0.5, 0.6) is 0 Å². The third-order valence-electron chi connectivity index (χ3n) is 7.32. The molecule has 0 bridgehead atoms. The van der Waals surface area contributed by atoms with E-state index in [4.69, 9.17) is 4.74 Å². The lowest BCUT2D eigenvalue weighted by Crippen LogP contribution is -2.54. The van der Waals surface area contributed by atoms with Gasteiger partial charge in [0.25, 0.3) is 5.91 Å². The summed E-state index contributed by atoms with van der Waals surface area (Å²) in [5.41, 5.74) is -1.04. The predicted octanol–water partition coefficient (Wildman–Crippen LogP) is 2.65. The summed E-state index contributed by atoms with van der Waals surface area (Å²) in [7, 11) is 2.02. The van der Waals surface area contributed by atoms with Crippen molar-refractivity contribution in [1.29, 1.82) is 0 Å². The van der Waals surface area contributed by atoms with Gasteiger partial charge in [0.2, 0.25) is 0 Å². The fourth-order valence-electron chi connectivity index (χ4n) is 5.37. The SMILES string of the molecule is C[N+]1(CC(=O)Nc2ccncn2)CCCC1COC(=O)[C@](O)(c1ccccc1)C1CCCC1. The van der Waals surface area contributed by atoms with Crippen molar-refractivity contribution in [2.75, 3.05) is 32.1 Å². The van der Waals surface area contributed by atoms with Gasteiger partial charge in [-0.2, -0.15) is 0 Å². The Morgan fingerprint density at radius 3 is 2.61 bits per heavy atom. The average molecular weight is 454 g/mol. The van der Waals surface area contributed by atoms with Crippen molar-refractivity contribution in [3.63, 3.8) is 0 Å². The number of nitrogens with one attached hydrogen (secondary N) is 1. The largest absolute Gasteiger partial charge is 0.457 e. The number of hydrogen-bond acceptors (Lipinski definition) is 6. The van der Waals surface area contributed by atoms with Crippen molar-refractivity contribution in [2.45, 2.75) is 50.2 Å². The molecule has 1 saturated heterocycles. The van der Waals surface area contributed by atoms with Crippen LogP contribution in [0.15, 0.2) is 48.9 Å². The van der Waals surface area contributed by atoms with Gasteiger partial charge in [0.1, 0.15) is 24.8 Å². The number of carbonyl (C=O) groups is 2. The summed E-state index contributed by atoms with van der Waals surface area (Å²) < 4.78 is 6.28. The molecule has 2 N–H and O–H groups in total. The van der Waals surface area contributed by atoms with Gasteiger partial charge in [0.05, 0.1) is 13.6 Å². The van der Waals surface area contributed by atoms with E-state index in [9.17, 15) is 14.7 Å². The summed E-state index contributed by atoms with van der Waals surface area (Å²) in [5, 5.41) is 14.4. The smallest absolute Gasteiger partial charge is 0.343 e. The molecule has 33 heavy (non-hydrogen) atoms. The van der Waals surface area contributed by atoms with Crippen LogP contribution in [-0.2, 0) is 19.9 Å². The zero-order valence-electron chi connectivity index (χ0n) is 19.2. The summed E-state index contributed by atoms with van der Waals surface area (Å²) in [6.07, 6.45) is 8.40. The Bertz CT molecular complexity index is 951. The molecule has 2 fully saturated rings.